The molecule has 23 heavy (non-hydrogen) atoms. The molecule has 0 spiro atoms. The van der Waals surface area contributed by atoms with Crippen LogP contribution in [0.4, 0.5) is 10.5 Å². The van der Waals surface area contributed by atoms with Gasteiger partial charge >= 0.3 is 17.3 Å². The Kier molecular flexibility index (Phi) is 4.53. The van der Waals surface area contributed by atoms with Gasteiger partial charge in [-0.25, -0.2) is 4.79 Å². The maximum Gasteiger partial charge on any atom is 0.414 e. The molecule has 0 fully saturated rings. The van der Waals surface area contributed by atoms with Crippen molar-refractivity contribution in [2.24, 2.45) is 0 Å². The zero-order chi connectivity index (χ0) is 17.2. The average molecular weight is 321 g/mol. The van der Waals surface area contributed by atoms with E-state index in [1.807, 2.05) is 0 Å². The van der Waals surface area contributed by atoms with Gasteiger partial charge in [0.25, 0.3) is 0 Å². The summed E-state index contributed by atoms with van der Waals surface area (Å²) in [5, 5.41) is 10.9. The summed E-state index contributed by atoms with van der Waals surface area (Å²) in [5.41, 5.74) is -1.31. The molecular formula is C15H19N3O5. The highest BCUT2D eigenvalue weighted by atomic mass is 16.6. The molecule has 0 radical (unpaired) electrons. The third kappa shape index (κ3) is 3.97. The van der Waals surface area contributed by atoms with Crippen LogP contribution in [-0.2, 0) is 4.74 Å². The molecule has 0 atom stereocenters. The van der Waals surface area contributed by atoms with E-state index in [1.165, 1.54) is 27.9 Å². The number of carbonyl (C=O) groups excluding carboxylic acids is 1. The van der Waals surface area contributed by atoms with Crippen molar-refractivity contribution < 1.29 is 14.5 Å². The highest BCUT2D eigenvalue weighted by Gasteiger charge is 2.24. The highest BCUT2D eigenvalue weighted by Crippen LogP contribution is 2.21. The first-order valence-electron chi connectivity index (χ1n) is 7.26. The van der Waals surface area contributed by atoms with Crippen molar-refractivity contribution >= 4 is 17.5 Å². The van der Waals surface area contributed by atoms with Crippen molar-refractivity contribution in [2.75, 3.05) is 6.54 Å². The van der Waals surface area contributed by atoms with Crippen LogP contribution in [0.25, 0.3) is 5.70 Å². The molecule has 1 aliphatic rings. The van der Waals surface area contributed by atoms with E-state index in [0.29, 0.717) is 25.1 Å². The topological polar surface area (TPSA) is 94.7 Å². The minimum Gasteiger partial charge on any atom is -0.443 e. The fraction of sp³-hybridized carbons (Fsp3) is 0.467. The van der Waals surface area contributed by atoms with Crippen molar-refractivity contribution in [1.29, 1.82) is 0 Å². The molecule has 0 bridgehead atoms. The lowest BCUT2D eigenvalue weighted by Crippen LogP contribution is -2.36. The Bertz CT molecular complexity index is 715. The fourth-order valence-corrected chi connectivity index (χ4v) is 2.23. The summed E-state index contributed by atoms with van der Waals surface area (Å²) in [5.74, 6) is 0. The summed E-state index contributed by atoms with van der Waals surface area (Å²) in [4.78, 5) is 35.8. The molecule has 1 aromatic heterocycles. The van der Waals surface area contributed by atoms with E-state index in [2.05, 4.69) is 0 Å². The Labute approximate surface area is 133 Å². The van der Waals surface area contributed by atoms with Crippen LogP contribution in [0.2, 0.25) is 0 Å². The molecule has 2 rings (SSSR count). The number of rotatable bonds is 2. The van der Waals surface area contributed by atoms with E-state index in [0.717, 1.165) is 6.07 Å². The van der Waals surface area contributed by atoms with Crippen LogP contribution < -0.4 is 5.56 Å². The van der Waals surface area contributed by atoms with Crippen LogP contribution >= 0.6 is 0 Å². The summed E-state index contributed by atoms with van der Waals surface area (Å²) in [6.07, 6.45) is 3.65. The molecule has 2 heterocycles. The lowest BCUT2D eigenvalue weighted by atomic mass is 10.1. The van der Waals surface area contributed by atoms with E-state index in [1.54, 1.807) is 20.8 Å². The SMILES string of the molecule is CC(C)(C)OC(=O)N1C=C(n2cccc([N+](=O)[O-])c2=O)CCC1. The van der Waals surface area contributed by atoms with Gasteiger partial charge in [0.1, 0.15) is 5.60 Å². The molecule has 0 unspecified atom stereocenters. The summed E-state index contributed by atoms with van der Waals surface area (Å²) in [6.45, 7) is 5.78. The number of carbonyl (C=O) groups is 1. The summed E-state index contributed by atoms with van der Waals surface area (Å²) < 4.78 is 6.50. The zero-order valence-electron chi connectivity index (χ0n) is 13.3. The number of hydrogen-bond donors (Lipinski definition) is 0. The minimum absolute atomic E-state index is 0.474. The first-order valence-corrected chi connectivity index (χ1v) is 7.26. The van der Waals surface area contributed by atoms with E-state index >= 15 is 0 Å². The quantitative estimate of drug-likeness (QED) is 0.616. The molecule has 1 aromatic rings. The maximum atomic E-state index is 12.2. The lowest BCUT2D eigenvalue weighted by molar-refractivity contribution is -0.386. The molecule has 0 N–H and O–H groups in total. The van der Waals surface area contributed by atoms with E-state index < -0.39 is 27.9 Å². The number of pyridine rings is 1. The number of amides is 1. The number of ether oxygens (including phenoxy) is 1. The van der Waals surface area contributed by atoms with Gasteiger partial charge in [0, 0.05) is 30.7 Å². The normalized spacial score (nSPS) is 15.1. The Balaban J connectivity index is 2.33. The van der Waals surface area contributed by atoms with Crippen LogP contribution in [0.15, 0.2) is 29.3 Å². The van der Waals surface area contributed by atoms with Gasteiger partial charge in [0.15, 0.2) is 0 Å². The van der Waals surface area contributed by atoms with Crippen LogP contribution in [-0.4, -0.2) is 32.6 Å². The number of hydrogen-bond acceptors (Lipinski definition) is 5. The predicted molar refractivity (Wildman–Crippen MR) is 83.8 cm³/mol. The second-order valence-electron chi connectivity index (χ2n) is 6.22. The second kappa shape index (κ2) is 6.23. The van der Waals surface area contributed by atoms with Gasteiger partial charge < -0.3 is 4.74 Å². The van der Waals surface area contributed by atoms with Crippen LogP contribution in [0.3, 0.4) is 0 Å². The molecular weight excluding hydrogens is 302 g/mol. The predicted octanol–water partition coefficient (Wildman–Crippen LogP) is 2.59. The third-order valence-corrected chi connectivity index (χ3v) is 3.20. The van der Waals surface area contributed by atoms with Gasteiger partial charge in [0.2, 0.25) is 0 Å². The Morgan fingerprint density at radius 3 is 2.70 bits per heavy atom. The van der Waals surface area contributed by atoms with E-state index in [4.69, 9.17) is 4.74 Å². The van der Waals surface area contributed by atoms with Gasteiger partial charge in [-0.05, 0) is 39.7 Å². The van der Waals surface area contributed by atoms with Crippen molar-refractivity contribution in [1.82, 2.24) is 9.47 Å². The molecule has 1 amide bonds. The van der Waals surface area contributed by atoms with Crippen LogP contribution in [0.1, 0.15) is 33.6 Å². The molecule has 8 nitrogen and oxygen atoms in total. The van der Waals surface area contributed by atoms with Crippen LogP contribution in [0, 0.1) is 10.1 Å². The standard InChI is InChI=1S/C15H19N3O5/c1-15(2,3)23-14(20)16-8-4-6-11(10-16)17-9-5-7-12(13(17)19)18(21)22/h5,7,9-10H,4,6,8H2,1-3H3. The van der Waals surface area contributed by atoms with Gasteiger partial charge in [-0.2, -0.15) is 0 Å². The number of aromatic nitrogens is 1. The van der Waals surface area contributed by atoms with Gasteiger partial charge in [-0.15, -0.1) is 0 Å². The maximum absolute atomic E-state index is 12.2. The smallest absolute Gasteiger partial charge is 0.414 e. The van der Waals surface area contributed by atoms with Crippen molar-refractivity contribution in [3.8, 4) is 0 Å². The Morgan fingerprint density at radius 1 is 1.39 bits per heavy atom. The Hall–Kier alpha value is -2.64. The first kappa shape index (κ1) is 16.7. The van der Waals surface area contributed by atoms with E-state index in [9.17, 15) is 19.7 Å². The largest absolute Gasteiger partial charge is 0.443 e. The summed E-state index contributed by atoms with van der Waals surface area (Å²) >= 11 is 0. The van der Waals surface area contributed by atoms with E-state index in [-0.39, 0.29) is 0 Å². The zero-order valence-corrected chi connectivity index (χ0v) is 13.3. The van der Waals surface area contributed by atoms with Crippen molar-refractivity contribution in [2.45, 2.75) is 39.2 Å². The molecule has 1 aliphatic heterocycles. The van der Waals surface area contributed by atoms with Gasteiger partial charge in [-0.3, -0.25) is 24.4 Å². The monoisotopic (exact) mass is 321 g/mol. The molecule has 0 aromatic carbocycles. The minimum atomic E-state index is -0.714. The van der Waals surface area contributed by atoms with Gasteiger partial charge in [-0.1, -0.05) is 0 Å². The summed E-state index contributed by atoms with van der Waals surface area (Å²) in [6, 6.07) is 2.60. The third-order valence-electron chi connectivity index (χ3n) is 3.20. The number of allylic oxidation sites excluding steroid dienone is 1. The number of nitrogens with zero attached hydrogens (tertiary/aromatic N) is 3. The molecule has 0 aliphatic carbocycles. The molecule has 0 saturated carbocycles. The van der Waals surface area contributed by atoms with Gasteiger partial charge in [0.05, 0.1) is 4.92 Å². The second-order valence-corrected chi connectivity index (χ2v) is 6.22. The first-order chi connectivity index (χ1) is 10.7. The molecule has 0 saturated heterocycles. The fourth-order valence-electron chi connectivity index (χ4n) is 2.23. The summed E-state index contributed by atoms with van der Waals surface area (Å²) in [7, 11) is 0. The lowest BCUT2D eigenvalue weighted by Gasteiger charge is -2.28. The average Bonchev–Trinajstić information content (AvgIpc) is 2.45. The molecule has 124 valence electrons. The van der Waals surface area contributed by atoms with Crippen molar-refractivity contribution in [3.05, 3.63) is 45.0 Å². The molecule has 8 heteroatoms. The Morgan fingerprint density at radius 2 is 2.09 bits per heavy atom. The highest BCUT2D eigenvalue weighted by molar-refractivity contribution is 5.71. The van der Waals surface area contributed by atoms with Crippen molar-refractivity contribution in [3.63, 3.8) is 0 Å². The number of nitro groups is 1. The van der Waals surface area contributed by atoms with Crippen LogP contribution in [0.5, 0.6) is 0 Å².